The third-order valence-corrected chi connectivity index (χ3v) is 5.85. The minimum atomic E-state index is -0.823. The number of nitrogens with zero attached hydrogens (tertiary/aromatic N) is 4. The van der Waals surface area contributed by atoms with Crippen LogP contribution in [0.3, 0.4) is 0 Å². The fourth-order valence-corrected chi connectivity index (χ4v) is 4.22. The van der Waals surface area contributed by atoms with Gasteiger partial charge in [-0.15, -0.1) is 0 Å². The van der Waals surface area contributed by atoms with Gasteiger partial charge in [-0.05, 0) is 56.0 Å². The zero-order valence-corrected chi connectivity index (χ0v) is 17.9. The van der Waals surface area contributed by atoms with Crippen LogP contribution in [0, 0.1) is 13.8 Å². The maximum Gasteiger partial charge on any atom is 0.407 e. The van der Waals surface area contributed by atoms with Gasteiger partial charge in [-0.1, -0.05) is 19.1 Å². The van der Waals surface area contributed by atoms with Crippen molar-refractivity contribution in [2.24, 2.45) is 0 Å². The summed E-state index contributed by atoms with van der Waals surface area (Å²) >= 11 is 0. The molecule has 1 aliphatic rings. The fraction of sp³-hybridized carbons (Fsp3) is 0.435. The number of likely N-dealkylation sites (tertiary alicyclic amines) is 1. The normalized spacial score (nSPS) is 15.0. The maximum absolute atomic E-state index is 11.0. The zero-order chi connectivity index (χ0) is 21.3. The summed E-state index contributed by atoms with van der Waals surface area (Å²) in [6.07, 6.45) is 1.71. The second-order valence-corrected chi connectivity index (χ2v) is 8.11. The number of piperidine rings is 1. The molecule has 1 amide bonds. The molecule has 0 saturated carbocycles. The molecule has 4 rings (SSSR count). The largest absolute Gasteiger partial charge is 0.465 e. The van der Waals surface area contributed by atoms with Crippen molar-refractivity contribution in [1.82, 2.24) is 19.4 Å². The van der Waals surface area contributed by atoms with Gasteiger partial charge in [0.15, 0.2) is 5.65 Å². The summed E-state index contributed by atoms with van der Waals surface area (Å²) in [5.41, 5.74) is 6.40. The standard InChI is InChI=1S/C23H29N5O2/c1-4-20-26-21-15(2)13-16(3)24-22(21)28(20)14-17-5-7-18(8-6-17)25-19-9-11-27(12-10-19)23(29)30/h5-8,13,19,25H,4,9-12,14H2,1-3H3,(H,29,30). The highest BCUT2D eigenvalue weighted by molar-refractivity contribution is 5.76. The molecule has 0 bridgehead atoms. The first kappa shape index (κ1) is 20.2. The van der Waals surface area contributed by atoms with Gasteiger partial charge in [0.25, 0.3) is 0 Å². The monoisotopic (exact) mass is 407 g/mol. The number of hydrogen-bond acceptors (Lipinski definition) is 4. The Hall–Kier alpha value is -3.09. The average molecular weight is 408 g/mol. The Bertz CT molecular complexity index is 1050. The topological polar surface area (TPSA) is 83.3 Å². The van der Waals surface area contributed by atoms with Gasteiger partial charge in [-0.3, -0.25) is 0 Å². The number of rotatable bonds is 5. The lowest BCUT2D eigenvalue weighted by atomic mass is 10.0. The number of aromatic nitrogens is 3. The number of carbonyl (C=O) groups is 1. The molecule has 7 heteroatoms. The van der Waals surface area contributed by atoms with Crippen LogP contribution in [0.15, 0.2) is 30.3 Å². The summed E-state index contributed by atoms with van der Waals surface area (Å²) in [5, 5.41) is 12.6. The summed E-state index contributed by atoms with van der Waals surface area (Å²) in [4.78, 5) is 22.1. The Kier molecular flexibility index (Phi) is 5.61. The second kappa shape index (κ2) is 8.34. The van der Waals surface area contributed by atoms with Crippen LogP contribution in [0.5, 0.6) is 0 Å². The maximum atomic E-state index is 11.0. The van der Waals surface area contributed by atoms with E-state index in [0.717, 1.165) is 54.2 Å². The smallest absolute Gasteiger partial charge is 0.407 e. The van der Waals surface area contributed by atoms with Crippen LogP contribution in [0.25, 0.3) is 11.2 Å². The fourth-order valence-electron chi connectivity index (χ4n) is 4.22. The van der Waals surface area contributed by atoms with Crippen molar-refractivity contribution >= 4 is 22.9 Å². The first-order valence-corrected chi connectivity index (χ1v) is 10.6. The summed E-state index contributed by atoms with van der Waals surface area (Å²) in [6, 6.07) is 10.9. The van der Waals surface area contributed by atoms with Gasteiger partial charge in [0, 0.05) is 36.9 Å². The van der Waals surface area contributed by atoms with Crippen LogP contribution < -0.4 is 5.32 Å². The van der Waals surface area contributed by atoms with Gasteiger partial charge in [0.2, 0.25) is 0 Å². The van der Waals surface area contributed by atoms with E-state index in [1.54, 1.807) is 0 Å². The van der Waals surface area contributed by atoms with Crippen LogP contribution in [-0.4, -0.2) is 49.8 Å². The quantitative estimate of drug-likeness (QED) is 0.662. The highest BCUT2D eigenvalue weighted by atomic mass is 16.4. The molecule has 0 aliphatic carbocycles. The Morgan fingerprint density at radius 3 is 2.50 bits per heavy atom. The van der Waals surface area contributed by atoms with E-state index in [1.807, 2.05) is 6.92 Å². The number of hydrogen-bond donors (Lipinski definition) is 2. The Labute approximate surface area is 176 Å². The first-order valence-electron chi connectivity index (χ1n) is 10.6. The molecule has 2 N–H and O–H groups in total. The number of nitrogens with one attached hydrogen (secondary N) is 1. The van der Waals surface area contributed by atoms with E-state index in [2.05, 4.69) is 54.1 Å². The summed E-state index contributed by atoms with van der Waals surface area (Å²) in [7, 11) is 0. The highest BCUT2D eigenvalue weighted by Crippen LogP contribution is 2.22. The van der Waals surface area contributed by atoms with Crippen molar-refractivity contribution in [3.8, 4) is 0 Å². The molecule has 1 aromatic carbocycles. The lowest BCUT2D eigenvalue weighted by Crippen LogP contribution is -2.41. The molecule has 0 spiro atoms. The van der Waals surface area contributed by atoms with E-state index < -0.39 is 6.09 Å². The molecular formula is C23H29N5O2. The minimum absolute atomic E-state index is 0.311. The van der Waals surface area contributed by atoms with Crippen molar-refractivity contribution < 1.29 is 9.90 Å². The van der Waals surface area contributed by atoms with E-state index in [1.165, 1.54) is 16.0 Å². The van der Waals surface area contributed by atoms with Gasteiger partial charge in [-0.25, -0.2) is 14.8 Å². The van der Waals surface area contributed by atoms with Gasteiger partial charge in [-0.2, -0.15) is 0 Å². The molecule has 0 unspecified atom stereocenters. The number of anilines is 1. The Morgan fingerprint density at radius 1 is 1.17 bits per heavy atom. The number of amides is 1. The highest BCUT2D eigenvalue weighted by Gasteiger charge is 2.22. The van der Waals surface area contributed by atoms with Gasteiger partial charge in [0.05, 0.1) is 6.54 Å². The summed E-state index contributed by atoms with van der Waals surface area (Å²) in [5.74, 6) is 1.05. The lowest BCUT2D eigenvalue weighted by molar-refractivity contribution is 0.134. The minimum Gasteiger partial charge on any atom is -0.465 e. The van der Waals surface area contributed by atoms with E-state index in [4.69, 9.17) is 15.1 Å². The summed E-state index contributed by atoms with van der Waals surface area (Å²) in [6.45, 7) is 8.16. The molecule has 0 atom stereocenters. The molecule has 30 heavy (non-hydrogen) atoms. The number of benzene rings is 1. The van der Waals surface area contributed by atoms with Gasteiger partial charge >= 0.3 is 6.09 Å². The number of pyridine rings is 1. The van der Waals surface area contributed by atoms with Crippen molar-refractivity contribution in [2.45, 2.75) is 52.6 Å². The van der Waals surface area contributed by atoms with Crippen LogP contribution in [0.1, 0.15) is 42.4 Å². The van der Waals surface area contributed by atoms with Crippen LogP contribution in [0.2, 0.25) is 0 Å². The van der Waals surface area contributed by atoms with E-state index in [9.17, 15) is 4.79 Å². The third-order valence-electron chi connectivity index (χ3n) is 5.85. The van der Waals surface area contributed by atoms with Gasteiger partial charge < -0.3 is 19.9 Å². The predicted octanol–water partition coefficient (Wildman–Crippen LogP) is 4.21. The average Bonchev–Trinajstić information content (AvgIpc) is 3.07. The van der Waals surface area contributed by atoms with Crippen molar-refractivity contribution in [2.75, 3.05) is 18.4 Å². The zero-order valence-electron chi connectivity index (χ0n) is 17.9. The molecule has 1 fully saturated rings. The van der Waals surface area contributed by atoms with Crippen LogP contribution in [0.4, 0.5) is 10.5 Å². The van der Waals surface area contributed by atoms with Crippen molar-refractivity contribution in [1.29, 1.82) is 0 Å². The molecule has 3 aromatic rings. The van der Waals surface area contributed by atoms with Crippen LogP contribution in [-0.2, 0) is 13.0 Å². The molecule has 1 saturated heterocycles. The van der Waals surface area contributed by atoms with E-state index in [0.29, 0.717) is 19.1 Å². The number of imidazole rings is 1. The summed E-state index contributed by atoms with van der Waals surface area (Å²) < 4.78 is 2.22. The van der Waals surface area contributed by atoms with Crippen molar-refractivity contribution in [3.05, 3.63) is 53.0 Å². The molecular weight excluding hydrogens is 378 g/mol. The number of carboxylic acid groups (broad SMARTS) is 1. The third kappa shape index (κ3) is 4.10. The SMILES string of the molecule is CCc1nc2c(C)cc(C)nc2n1Cc1ccc(NC2CCN(C(=O)O)CC2)cc1. The molecule has 158 valence electrons. The van der Waals surface area contributed by atoms with Crippen molar-refractivity contribution in [3.63, 3.8) is 0 Å². The Balaban J connectivity index is 1.47. The van der Waals surface area contributed by atoms with Gasteiger partial charge in [0.1, 0.15) is 11.3 Å². The van der Waals surface area contributed by atoms with Crippen LogP contribution >= 0.6 is 0 Å². The lowest BCUT2D eigenvalue weighted by Gasteiger charge is -2.31. The second-order valence-electron chi connectivity index (χ2n) is 8.11. The predicted molar refractivity (Wildman–Crippen MR) is 118 cm³/mol. The number of fused-ring (bicyclic) bond motifs is 1. The number of aryl methyl sites for hydroxylation is 3. The molecule has 7 nitrogen and oxygen atoms in total. The first-order chi connectivity index (χ1) is 14.4. The molecule has 0 radical (unpaired) electrons. The molecule has 1 aliphatic heterocycles. The molecule has 2 aromatic heterocycles. The van der Waals surface area contributed by atoms with E-state index >= 15 is 0 Å². The Morgan fingerprint density at radius 2 is 1.87 bits per heavy atom. The molecule has 3 heterocycles. The van der Waals surface area contributed by atoms with E-state index in [-0.39, 0.29) is 0 Å².